The second kappa shape index (κ2) is 12.0. The van der Waals surface area contributed by atoms with Gasteiger partial charge >= 0.3 is 0 Å². The van der Waals surface area contributed by atoms with E-state index in [0.29, 0.717) is 15.6 Å². The van der Waals surface area contributed by atoms with Crippen LogP contribution in [0.1, 0.15) is 22.1 Å². The molecule has 0 saturated heterocycles. The minimum atomic E-state index is -0.495. The number of benzene rings is 4. The minimum absolute atomic E-state index is 0.121. The normalized spacial score (nSPS) is 15.0. The van der Waals surface area contributed by atoms with Crippen molar-refractivity contribution < 1.29 is 4.79 Å². The van der Waals surface area contributed by atoms with Crippen LogP contribution in [0.2, 0.25) is 5.02 Å². The molecule has 6 rings (SSSR count). The molecule has 0 spiro atoms. The summed E-state index contributed by atoms with van der Waals surface area (Å²) < 4.78 is 1.06. The molecule has 0 saturated carbocycles. The summed E-state index contributed by atoms with van der Waals surface area (Å²) in [7, 11) is 0. The zero-order valence-corrected chi connectivity index (χ0v) is 24.1. The molecule has 0 fully saturated rings. The highest BCUT2D eigenvalue weighted by Gasteiger charge is 2.36. The number of nitrogens with one attached hydrogen (secondary N) is 2. The minimum Gasteiger partial charge on any atom is -0.349 e. The van der Waals surface area contributed by atoms with Gasteiger partial charge in [-0.05, 0) is 41.5 Å². The number of halogens is 1. The molecule has 1 aliphatic rings. The fourth-order valence-corrected chi connectivity index (χ4v) is 6.96. The second-order valence-electron chi connectivity index (χ2n) is 9.28. The van der Waals surface area contributed by atoms with Gasteiger partial charge in [-0.2, -0.15) is 5.26 Å². The van der Waals surface area contributed by atoms with Gasteiger partial charge in [0.1, 0.15) is 5.01 Å². The van der Waals surface area contributed by atoms with Crippen molar-refractivity contribution in [1.29, 1.82) is 5.26 Å². The molecule has 2 heterocycles. The molecule has 0 aliphatic carbocycles. The molecule has 0 unspecified atom stereocenters. The summed E-state index contributed by atoms with van der Waals surface area (Å²) in [6.07, 6.45) is 0. The lowest BCUT2D eigenvalue weighted by atomic mass is 9.81. The Bertz CT molecular complexity index is 1810. The number of thiazole rings is 1. The standard InChI is InChI=1S/C33H23ClN4OS2/c34-25-16-8-7-15-23(25)29-24(19-35)32(40-20-28(39)36-22-13-5-2-6-14-22)38-31(21-11-3-1-4-12-21)30(29)33-37-26-17-9-10-18-27(26)41-33/h1-18,29,38H,20H2,(H,36,39)/t29-/m0/s1. The monoisotopic (exact) mass is 590 g/mol. The van der Waals surface area contributed by atoms with E-state index in [0.717, 1.165) is 43.3 Å². The molecule has 5 aromatic rings. The predicted molar refractivity (Wildman–Crippen MR) is 170 cm³/mol. The van der Waals surface area contributed by atoms with Crippen LogP contribution in [-0.2, 0) is 4.79 Å². The number of carbonyl (C=O) groups excluding carboxylic acids is 1. The number of allylic oxidation sites excluding steroid dienone is 2. The number of nitrogens with zero attached hydrogens (tertiary/aromatic N) is 2. The Morgan fingerprint density at radius 2 is 1.63 bits per heavy atom. The van der Waals surface area contributed by atoms with Crippen molar-refractivity contribution in [2.45, 2.75) is 5.92 Å². The summed E-state index contributed by atoms with van der Waals surface area (Å²) in [5.74, 6) is -0.536. The average Bonchev–Trinajstić information content (AvgIpc) is 3.44. The van der Waals surface area contributed by atoms with Crippen molar-refractivity contribution in [2.75, 3.05) is 11.1 Å². The number of hydrogen-bond acceptors (Lipinski definition) is 6. The molecule has 2 N–H and O–H groups in total. The third kappa shape index (κ3) is 5.63. The van der Waals surface area contributed by atoms with Crippen LogP contribution < -0.4 is 10.6 Å². The number of fused-ring (bicyclic) bond motifs is 1. The number of para-hydroxylation sites is 2. The predicted octanol–water partition coefficient (Wildman–Crippen LogP) is 8.31. The lowest BCUT2D eigenvalue weighted by Crippen LogP contribution is -2.25. The molecule has 41 heavy (non-hydrogen) atoms. The Morgan fingerprint density at radius 3 is 2.37 bits per heavy atom. The fourth-order valence-electron chi connectivity index (χ4n) is 4.82. The molecule has 1 aromatic heterocycles. The first-order valence-electron chi connectivity index (χ1n) is 12.9. The summed E-state index contributed by atoms with van der Waals surface area (Å²) >= 11 is 9.69. The maximum Gasteiger partial charge on any atom is 0.234 e. The third-order valence-electron chi connectivity index (χ3n) is 6.66. The van der Waals surface area contributed by atoms with E-state index in [1.807, 2.05) is 109 Å². The van der Waals surface area contributed by atoms with Crippen molar-refractivity contribution in [1.82, 2.24) is 10.3 Å². The highest BCUT2D eigenvalue weighted by Crippen LogP contribution is 2.50. The van der Waals surface area contributed by atoms with Gasteiger partial charge in [-0.25, -0.2) is 4.98 Å². The van der Waals surface area contributed by atoms with Crippen LogP contribution >= 0.6 is 34.7 Å². The molecule has 8 heteroatoms. The van der Waals surface area contributed by atoms with Gasteiger partial charge in [0.05, 0.1) is 44.3 Å². The number of anilines is 1. The summed E-state index contributed by atoms with van der Waals surface area (Å²) in [4.78, 5) is 17.9. The number of carbonyl (C=O) groups is 1. The number of hydrogen-bond donors (Lipinski definition) is 2. The first-order chi connectivity index (χ1) is 20.1. The van der Waals surface area contributed by atoms with Gasteiger partial charge in [0.25, 0.3) is 0 Å². The number of amides is 1. The molecule has 200 valence electrons. The Balaban J connectivity index is 1.49. The van der Waals surface area contributed by atoms with Crippen LogP contribution in [-0.4, -0.2) is 16.6 Å². The van der Waals surface area contributed by atoms with E-state index in [-0.39, 0.29) is 11.7 Å². The fraction of sp³-hybridized carbons (Fsp3) is 0.0606. The van der Waals surface area contributed by atoms with E-state index in [1.54, 1.807) is 11.3 Å². The van der Waals surface area contributed by atoms with Gasteiger partial charge < -0.3 is 10.6 Å². The maximum atomic E-state index is 12.9. The van der Waals surface area contributed by atoms with Gasteiger partial charge in [-0.1, -0.05) is 102 Å². The smallest absolute Gasteiger partial charge is 0.234 e. The highest BCUT2D eigenvalue weighted by molar-refractivity contribution is 8.03. The lowest BCUT2D eigenvalue weighted by molar-refractivity contribution is -0.113. The van der Waals surface area contributed by atoms with Gasteiger partial charge in [-0.15, -0.1) is 11.3 Å². The molecule has 4 aromatic carbocycles. The van der Waals surface area contributed by atoms with E-state index in [2.05, 4.69) is 16.7 Å². The van der Waals surface area contributed by atoms with E-state index in [9.17, 15) is 10.1 Å². The van der Waals surface area contributed by atoms with Crippen LogP contribution in [0.5, 0.6) is 0 Å². The van der Waals surface area contributed by atoms with Crippen molar-refractivity contribution in [3.63, 3.8) is 0 Å². The summed E-state index contributed by atoms with van der Waals surface area (Å²) in [6, 6.07) is 37.4. The van der Waals surface area contributed by atoms with E-state index in [4.69, 9.17) is 16.6 Å². The molecular formula is C33H23ClN4OS2. The van der Waals surface area contributed by atoms with E-state index in [1.165, 1.54) is 11.8 Å². The van der Waals surface area contributed by atoms with Crippen molar-refractivity contribution in [3.8, 4) is 6.07 Å². The lowest BCUT2D eigenvalue weighted by Gasteiger charge is -2.31. The van der Waals surface area contributed by atoms with Crippen LogP contribution in [0.3, 0.4) is 0 Å². The average molecular weight is 591 g/mol. The van der Waals surface area contributed by atoms with Gasteiger partial charge in [0, 0.05) is 16.3 Å². The largest absolute Gasteiger partial charge is 0.349 e. The summed E-state index contributed by atoms with van der Waals surface area (Å²) in [5, 5.41) is 19.1. The number of rotatable bonds is 7. The summed E-state index contributed by atoms with van der Waals surface area (Å²) in [6.45, 7) is 0. The van der Waals surface area contributed by atoms with Crippen molar-refractivity contribution >= 4 is 67.8 Å². The molecule has 1 atom stereocenters. The van der Waals surface area contributed by atoms with E-state index >= 15 is 0 Å². The topological polar surface area (TPSA) is 77.8 Å². The van der Waals surface area contributed by atoms with Crippen LogP contribution in [0.25, 0.3) is 21.5 Å². The SMILES string of the molecule is N#CC1=C(SCC(=O)Nc2ccccc2)NC(c2ccccc2)=C(c2nc3ccccc3s2)[C@H]1c1ccccc1Cl. The molecule has 0 radical (unpaired) electrons. The van der Waals surface area contributed by atoms with Crippen LogP contribution in [0.15, 0.2) is 120 Å². The molecular weight excluding hydrogens is 568 g/mol. The van der Waals surface area contributed by atoms with Crippen LogP contribution in [0, 0.1) is 11.3 Å². The first-order valence-corrected chi connectivity index (χ1v) is 15.1. The quantitative estimate of drug-likeness (QED) is 0.199. The Labute approximate surface area is 251 Å². The zero-order chi connectivity index (χ0) is 28.2. The molecule has 1 amide bonds. The molecule has 5 nitrogen and oxygen atoms in total. The van der Waals surface area contributed by atoms with Crippen LogP contribution in [0.4, 0.5) is 5.69 Å². The highest BCUT2D eigenvalue weighted by atomic mass is 35.5. The first kappa shape index (κ1) is 26.9. The second-order valence-corrected chi connectivity index (χ2v) is 11.7. The van der Waals surface area contributed by atoms with Crippen molar-refractivity contribution in [2.24, 2.45) is 0 Å². The van der Waals surface area contributed by atoms with Gasteiger partial charge in [0.2, 0.25) is 5.91 Å². The Morgan fingerprint density at radius 1 is 0.951 bits per heavy atom. The summed E-state index contributed by atoms with van der Waals surface area (Å²) in [5.41, 5.74) is 5.57. The number of nitriles is 1. The van der Waals surface area contributed by atoms with Gasteiger partial charge in [-0.3, -0.25) is 4.79 Å². The number of dihydropyridines is 1. The number of thioether (sulfide) groups is 1. The number of aromatic nitrogens is 1. The van der Waals surface area contributed by atoms with Gasteiger partial charge in [0.15, 0.2) is 0 Å². The molecule has 0 bridgehead atoms. The third-order valence-corrected chi connectivity index (χ3v) is 9.09. The maximum absolute atomic E-state index is 12.9. The van der Waals surface area contributed by atoms with E-state index < -0.39 is 5.92 Å². The van der Waals surface area contributed by atoms with Crippen molar-refractivity contribution in [3.05, 3.63) is 141 Å². The molecule has 1 aliphatic heterocycles. The Hall–Kier alpha value is -4.35. The zero-order valence-electron chi connectivity index (χ0n) is 21.7. The Kier molecular flexibility index (Phi) is 7.88.